The SMILES string of the molecule is CCOC(=O)/C=C(\N)C1CN(P)CCN1P. The molecule has 3 atom stereocenters. The number of esters is 1. The van der Waals surface area contributed by atoms with Crippen LogP contribution in [0.3, 0.4) is 0 Å². The first-order valence-corrected chi connectivity index (χ1v) is 6.22. The second-order valence-corrected chi connectivity index (χ2v) is 5.04. The molecule has 0 aromatic rings. The largest absolute Gasteiger partial charge is 0.463 e. The Bertz CT molecular complexity index is 286. The van der Waals surface area contributed by atoms with Gasteiger partial charge in [-0.1, -0.05) is 18.8 Å². The maximum atomic E-state index is 11.3. The van der Waals surface area contributed by atoms with Gasteiger partial charge in [0.1, 0.15) is 0 Å². The van der Waals surface area contributed by atoms with Crippen LogP contribution in [0, 0.1) is 0 Å². The van der Waals surface area contributed by atoms with Crippen molar-refractivity contribution in [2.75, 3.05) is 26.2 Å². The number of nitrogens with zero attached hydrogens (tertiary/aromatic N) is 2. The first-order chi connectivity index (χ1) is 7.54. The van der Waals surface area contributed by atoms with Gasteiger partial charge < -0.3 is 10.5 Å². The molecule has 3 unspecified atom stereocenters. The van der Waals surface area contributed by atoms with Crippen LogP contribution in [0.15, 0.2) is 11.8 Å². The standard InChI is InChI=1S/C9H19N3O2P2/c1-2-14-9(13)5-7(10)8-6-11(15)3-4-12(8)16/h5,8H,2-4,6,10,15-16H2,1H3/b7-5-. The summed E-state index contributed by atoms with van der Waals surface area (Å²) in [6.07, 6.45) is 1.37. The molecule has 1 heterocycles. The number of piperazine rings is 1. The summed E-state index contributed by atoms with van der Waals surface area (Å²) in [6, 6.07) is 0.0423. The van der Waals surface area contributed by atoms with E-state index in [1.54, 1.807) is 6.92 Å². The van der Waals surface area contributed by atoms with Crippen LogP contribution < -0.4 is 5.73 Å². The molecule has 5 nitrogen and oxygen atoms in total. The smallest absolute Gasteiger partial charge is 0.332 e. The fourth-order valence-corrected chi connectivity index (χ4v) is 2.23. The predicted molar refractivity (Wildman–Crippen MR) is 70.4 cm³/mol. The van der Waals surface area contributed by atoms with E-state index in [9.17, 15) is 4.79 Å². The minimum absolute atomic E-state index is 0.0423. The molecule has 0 amide bonds. The highest BCUT2D eigenvalue weighted by molar-refractivity contribution is 7.14. The summed E-state index contributed by atoms with van der Waals surface area (Å²) >= 11 is 0. The number of hydrogen-bond acceptors (Lipinski definition) is 5. The summed E-state index contributed by atoms with van der Waals surface area (Å²) < 4.78 is 9.00. The fraction of sp³-hybridized carbons (Fsp3) is 0.667. The lowest BCUT2D eigenvalue weighted by atomic mass is 10.1. The number of ether oxygens (including phenoxy) is 1. The Balaban J connectivity index is 2.63. The minimum atomic E-state index is -0.376. The molecule has 1 saturated heterocycles. The molecule has 0 bridgehead atoms. The van der Waals surface area contributed by atoms with Crippen molar-refractivity contribution >= 4 is 24.8 Å². The van der Waals surface area contributed by atoms with Gasteiger partial charge in [-0.15, -0.1) is 0 Å². The van der Waals surface area contributed by atoms with Gasteiger partial charge in [-0.25, -0.2) is 4.79 Å². The van der Waals surface area contributed by atoms with Crippen LogP contribution >= 0.6 is 18.8 Å². The Hall–Kier alpha value is -0.210. The second kappa shape index (κ2) is 6.51. The van der Waals surface area contributed by atoms with Crippen molar-refractivity contribution in [1.29, 1.82) is 0 Å². The number of rotatable bonds is 3. The third kappa shape index (κ3) is 3.99. The van der Waals surface area contributed by atoms with Crippen LogP contribution in [0.5, 0.6) is 0 Å². The number of nitrogens with two attached hydrogens (primary N) is 1. The zero-order valence-corrected chi connectivity index (χ0v) is 11.7. The molecular weight excluding hydrogens is 244 g/mol. The average molecular weight is 263 g/mol. The first kappa shape index (κ1) is 13.9. The van der Waals surface area contributed by atoms with Crippen molar-refractivity contribution in [2.24, 2.45) is 5.73 Å². The van der Waals surface area contributed by atoms with Crippen molar-refractivity contribution < 1.29 is 9.53 Å². The van der Waals surface area contributed by atoms with E-state index in [1.807, 2.05) is 0 Å². The lowest BCUT2D eigenvalue weighted by Crippen LogP contribution is -2.47. The van der Waals surface area contributed by atoms with Gasteiger partial charge in [0.05, 0.1) is 12.6 Å². The van der Waals surface area contributed by atoms with E-state index in [0.717, 1.165) is 19.6 Å². The van der Waals surface area contributed by atoms with Crippen molar-refractivity contribution in [3.63, 3.8) is 0 Å². The minimum Gasteiger partial charge on any atom is -0.463 e. The van der Waals surface area contributed by atoms with Crippen LogP contribution in [0.25, 0.3) is 0 Å². The van der Waals surface area contributed by atoms with Gasteiger partial charge in [-0.05, 0) is 6.92 Å². The molecule has 1 rings (SSSR count). The highest BCUT2D eigenvalue weighted by atomic mass is 31.0. The average Bonchev–Trinajstić information content (AvgIpc) is 2.21. The maximum Gasteiger partial charge on any atom is 0.332 e. The molecule has 0 radical (unpaired) electrons. The molecule has 0 aromatic heterocycles. The van der Waals surface area contributed by atoms with E-state index in [0.29, 0.717) is 12.3 Å². The van der Waals surface area contributed by atoms with Gasteiger partial charge >= 0.3 is 5.97 Å². The third-order valence-corrected chi connectivity index (χ3v) is 3.50. The van der Waals surface area contributed by atoms with Gasteiger partial charge in [-0.3, -0.25) is 9.34 Å². The van der Waals surface area contributed by atoms with Crippen LogP contribution in [-0.2, 0) is 9.53 Å². The quantitative estimate of drug-likeness (QED) is 0.440. The summed E-state index contributed by atoms with van der Waals surface area (Å²) in [5.41, 5.74) is 6.44. The van der Waals surface area contributed by atoms with E-state index in [1.165, 1.54) is 6.08 Å². The van der Waals surface area contributed by atoms with E-state index >= 15 is 0 Å². The Morgan fingerprint density at radius 2 is 2.25 bits per heavy atom. The molecule has 16 heavy (non-hydrogen) atoms. The topological polar surface area (TPSA) is 58.8 Å². The summed E-state index contributed by atoms with van der Waals surface area (Å²) in [4.78, 5) is 11.3. The summed E-state index contributed by atoms with van der Waals surface area (Å²) in [7, 11) is 5.30. The molecule has 1 fully saturated rings. The summed E-state index contributed by atoms with van der Waals surface area (Å²) in [5.74, 6) is -0.376. The molecule has 0 aliphatic carbocycles. The first-order valence-electron chi connectivity index (χ1n) is 5.19. The summed E-state index contributed by atoms with van der Waals surface area (Å²) in [6.45, 7) is 4.80. The highest BCUT2D eigenvalue weighted by Gasteiger charge is 2.24. The molecule has 0 aromatic carbocycles. The molecule has 2 N–H and O–H groups in total. The highest BCUT2D eigenvalue weighted by Crippen LogP contribution is 2.19. The molecule has 1 aliphatic rings. The predicted octanol–water partition coefficient (Wildman–Crippen LogP) is -0.0415. The van der Waals surface area contributed by atoms with Gasteiger partial charge in [0.15, 0.2) is 0 Å². The maximum absolute atomic E-state index is 11.3. The molecule has 0 saturated carbocycles. The van der Waals surface area contributed by atoms with E-state index in [2.05, 4.69) is 28.1 Å². The molecular formula is C9H19N3O2P2. The van der Waals surface area contributed by atoms with E-state index in [-0.39, 0.29) is 12.0 Å². The van der Waals surface area contributed by atoms with Crippen LogP contribution in [0.1, 0.15) is 6.92 Å². The molecule has 7 heteroatoms. The Kier molecular flexibility index (Phi) is 5.63. The van der Waals surface area contributed by atoms with Crippen molar-refractivity contribution in [3.05, 3.63) is 11.8 Å². The zero-order valence-electron chi connectivity index (χ0n) is 9.43. The monoisotopic (exact) mass is 263 g/mol. The van der Waals surface area contributed by atoms with Crippen molar-refractivity contribution in [1.82, 2.24) is 9.34 Å². The fourth-order valence-electron chi connectivity index (χ4n) is 1.53. The van der Waals surface area contributed by atoms with Gasteiger partial charge in [0.2, 0.25) is 0 Å². The van der Waals surface area contributed by atoms with Crippen LogP contribution in [0.2, 0.25) is 0 Å². The molecule has 1 aliphatic heterocycles. The number of carbonyl (C=O) groups excluding carboxylic acids is 1. The number of carbonyl (C=O) groups is 1. The van der Waals surface area contributed by atoms with E-state index in [4.69, 9.17) is 10.5 Å². The number of hydrogen-bond donors (Lipinski definition) is 1. The van der Waals surface area contributed by atoms with Crippen molar-refractivity contribution in [3.8, 4) is 0 Å². The molecule has 0 spiro atoms. The lowest BCUT2D eigenvalue weighted by molar-refractivity contribution is -0.137. The van der Waals surface area contributed by atoms with Crippen molar-refractivity contribution in [2.45, 2.75) is 13.0 Å². The van der Waals surface area contributed by atoms with Gasteiger partial charge in [0.25, 0.3) is 0 Å². The van der Waals surface area contributed by atoms with Crippen LogP contribution in [-0.4, -0.2) is 47.6 Å². The third-order valence-electron chi connectivity index (χ3n) is 2.41. The second-order valence-electron chi connectivity index (χ2n) is 3.64. The van der Waals surface area contributed by atoms with Crippen LogP contribution in [0.4, 0.5) is 0 Å². The Morgan fingerprint density at radius 3 is 2.88 bits per heavy atom. The summed E-state index contributed by atoms with van der Waals surface area (Å²) in [5, 5.41) is 0. The zero-order chi connectivity index (χ0) is 12.1. The lowest BCUT2D eigenvalue weighted by Gasteiger charge is -2.37. The Labute approximate surface area is 101 Å². The van der Waals surface area contributed by atoms with E-state index < -0.39 is 0 Å². The normalized spacial score (nSPS) is 24.4. The van der Waals surface area contributed by atoms with Gasteiger partial charge in [0, 0.05) is 31.4 Å². The van der Waals surface area contributed by atoms with Gasteiger partial charge in [-0.2, -0.15) is 0 Å². The molecule has 92 valence electrons. The Morgan fingerprint density at radius 1 is 1.56 bits per heavy atom.